The van der Waals surface area contributed by atoms with Crippen LogP contribution in [0.1, 0.15) is 64.3 Å². The average Bonchev–Trinajstić information content (AvgIpc) is 2.98. The van der Waals surface area contributed by atoms with Crippen LogP contribution in [0, 0.1) is 11.3 Å². The van der Waals surface area contributed by atoms with Gasteiger partial charge in [-0.25, -0.2) is 0 Å². The molecular weight excluding hydrogens is 284 g/mol. The van der Waals surface area contributed by atoms with Gasteiger partial charge in [-0.15, -0.1) is 0 Å². The zero-order valence-corrected chi connectivity index (χ0v) is 14.6. The van der Waals surface area contributed by atoms with Crippen molar-refractivity contribution in [1.82, 2.24) is 9.78 Å². The highest BCUT2D eigenvalue weighted by molar-refractivity contribution is 6.31. The summed E-state index contributed by atoms with van der Waals surface area (Å²) in [5.41, 5.74) is 2.00. The van der Waals surface area contributed by atoms with Crippen molar-refractivity contribution in [2.75, 3.05) is 0 Å². The predicted octanol–water partition coefficient (Wildman–Crippen LogP) is 4.15. The molecule has 1 aliphatic rings. The summed E-state index contributed by atoms with van der Waals surface area (Å²) in [4.78, 5) is 0. The van der Waals surface area contributed by atoms with Gasteiger partial charge < -0.3 is 5.11 Å². The summed E-state index contributed by atoms with van der Waals surface area (Å²) in [5, 5.41) is 16.1. The molecule has 1 aromatic rings. The molecule has 1 aliphatic carbocycles. The van der Waals surface area contributed by atoms with Gasteiger partial charge >= 0.3 is 0 Å². The van der Waals surface area contributed by atoms with E-state index in [2.05, 4.69) is 25.9 Å². The van der Waals surface area contributed by atoms with Crippen molar-refractivity contribution in [3.63, 3.8) is 0 Å². The van der Waals surface area contributed by atoms with E-state index >= 15 is 0 Å². The van der Waals surface area contributed by atoms with Crippen molar-refractivity contribution in [2.24, 2.45) is 18.4 Å². The van der Waals surface area contributed by atoms with Gasteiger partial charge in [-0.3, -0.25) is 4.68 Å². The van der Waals surface area contributed by atoms with E-state index in [-0.39, 0.29) is 11.5 Å². The van der Waals surface area contributed by atoms with Crippen LogP contribution in [-0.2, 0) is 19.9 Å². The summed E-state index contributed by atoms with van der Waals surface area (Å²) in [7, 11) is 1.93. The van der Waals surface area contributed by atoms with Gasteiger partial charge in [-0.2, -0.15) is 5.10 Å². The largest absolute Gasteiger partial charge is 0.392 e. The van der Waals surface area contributed by atoms with E-state index in [1.54, 1.807) is 0 Å². The van der Waals surface area contributed by atoms with E-state index in [9.17, 15) is 5.11 Å². The first-order valence-electron chi connectivity index (χ1n) is 8.28. The minimum Gasteiger partial charge on any atom is -0.392 e. The molecule has 1 aromatic heterocycles. The van der Waals surface area contributed by atoms with Crippen molar-refractivity contribution in [1.29, 1.82) is 0 Å². The van der Waals surface area contributed by atoms with Crippen LogP contribution < -0.4 is 0 Å². The molecule has 0 amide bonds. The molecule has 120 valence electrons. The third-order valence-electron chi connectivity index (χ3n) is 5.01. The van der Waals surface area contributed by atoms with Crippen molar-refractivity contribution in [3.05, 3.63) is 16.4 Å². The molecule has 0 aromatic carbocycles. The molecule has 1 unspecified atom stereocenters. The molecule has 0 radical (unpaired) electrons. The lowest BCUT2D eigenvalue weighted by Gasteiger charge is -2.36. The maximum absolute atomic E-state index is 10.9. The fourth-order valence-electron chi connectivity index (χ4n) is 4.01. The summed E-state index contributed by atoms with van der Waals surface area (Å²) in [6, 6.07) is 0. The minimum absolute atomic E-state index is 0.0775. The highest BCUT2D eigenvalue weighted by Crippen LogP contribution is 2.47. The summed E-state index contributed by atoms with van der Waals surface area (Å²) >= 11 is 6.44. The average molecular weight is 313 g/mol. The predicted molar refractivity (Wildman–Crippen MR) is 87.7 cm³/mol. The lowest BCUT2D eigenvalue weighted by Crippen LogP contribution is -2.36. The molecule has 0 bridgehead atoms. The minimum atomic E-state index is -0.319. The van der Waals surface area contributed by atoms with E-state index in [4.69, 9.17) is 11.6 Å². The number of aromatic nitrogens is 2. The number of rotatable bonds is 6. The zero-order chi connectivity index (χ0) is 15.6. The summed E-state index contributed by atoms with van der Waals surface area (Å²) < 4.78 is 1.85. The van der Waals surface area contributed by atoms with Crippen molar-refractivity contribution >= 4 is 11.6 Å². The first-order chi connectivity index (χ1) is 9.89. The molecule has 0 aliphatic heterocycles. The fourth-order valence-corrected chi connectivity index (χ4v) is 4.38. The number of nitrogens with zero attached hydrogens (tertiary/aromatic N) is 2. The lowest BCUT2D eigenvalue weighted by atomic mass is 9.72. The van der Waals surface area contributed by atoms with Crippen LogP contribution in [-0.4, -0.2) is 21.0 Å². The molecule has 3 nitrogen and oxygen atoms in total. The Balaban J connectivity index is 2.19. The lowest BCUT2D eigenvalue weighted by molar-refractivity contribution is 0.0122. The second kappa shape index (κ2) is 6.70. The highest BCUT2D eigenvalue weighted by Gasteiger charge is 2.41. The monoisotopic (exact) mass is 312 g/mol. The SMILES string of the molecule is CCc1nn(C)c(CC(O)C2(CC(C)C)CCCC2)c1Cl. The smallest absolute Gasteiger partial charge is 0.0850 e. The summed E-state index contributed by atoms with van der Waals surface area (Å²) in [5.74, 6) is 0.617. The number of halogens is 1. The number of aliphatic hydroxyl groups excluding tert-OH is 1. The van der Waals surface area contributed by atoms with Crippen molar-refractivity contribution in [3.8, 4) is 0 Å². The maximum atomic E-state index is 10.9. The Kier molecular flexibility index (Phi) is 5.37. The molecule has 0 spiro atoms. The van der Waals surface area contributed by atoms with Gasteiger partial charge in [0.05, 0.1) is 22.5 Å². The molecule has 1 heterocycles. The van der Waals surface area contributed by atoms with Crippen LogP contribution >= 0.6 is 11.6 Å². The Morgan fingerprint density at radius 3 is 2.43 bits per heavy atom. The first-order valence-corrected chi connectivity index (χ1v) is 8.65. The third-order valence-corrected chi connectivity index (χ3v) is 5.45. The van der Waals surface area contributed by atoms with Gasteiger partial charge in [0.15, 0.2) is 0 Å². The van der Waals surface area contributed by atoms with Crippen LogP contribution in [0.25, 0.3) is 0 Å². The molecule has 0 saturated heterocycles. The van der Waals surface area contributed by atoms with Crippen molar-refractivity contribution in [2.45, 2.75) is 71.8 Å². The topological polar surface area (TPSA) is 38.0 Å². The Morgan fingerprint density at radius 2 is 1.95 bits per heavy atom. The molecule has 1 atom stereocenters. The number of hydrogen-bond donors (Lipinski definition) is 1. The molecular formula is C17H29ClN2O. The second-order valence-corrected chi connectivity index (χ2v) is 7.45. The van der Waals surface area contributed by atoms with Crippen molar-refractivity contribution < 1.29 is 5.11 Å². The van der Waals surface area contributed by atoms with Gasteiger partial charge in [-0.05, 0) is 37.0 Å². The Labute approximate surface area is 133 Å². The van der Waals surface area contributed by atoms with E-state index in [1.165, 1.54) is 12.8 Å². The number of aryl methyl sites for hydroxylation is 2. The Morgan fingerprint density at radius 1 is 1.33 bits per heavy atom. The van der Waals surface area contributed by atoms with Crippen LogP contribution in [0.3, 0.4) is 0 Å². The molecule has 1 N–H and O–H groups in total. The van der Waals surface area contributed by atoms with Gasteiger partial charge in [-0.1, -0.05) is 45.2 Å². The van der Waals surface area contributed by atoms with Gasteiger partial charge in [0.25, 0.3) is 0 Å². The van der Waals surface area contributed by atoms with Crippen LogP contribution in [0.2, 0.25) is 5.02 Å². The van der Waals surface area contributed by atoms with E-state index in [1.807, 2.05) is 11.7 Å². The highest BCUT2D eigenvalue weighted by atomic mass is 35.5. The first kappa shape index (κ1) is 16.8. The van der Waals surface area contributed by atoms with E-state index < -0.39 is 0 Å². The van der Waals surface area contributed by atoms with Gasteiger partial charge in [0, 0.05) is 13.5 Å². The normalized spacial score (nSPS) is 19.4. The van der Waals surface area contributed by atoms with Gasteiger partial charge in [0.1, 0.15) is 0 Å². The van der Waals surface area contributed by atoms with Gasteiger partial charge in [0.2, 0.25) is 0 Å². The maximum Gasteiger partial charge on any atom is 0.0850 e. The second-order valence-electron chi connectivity index (χ2n) is 7.07. The molecule has 1 fully saturated rings. The standard InChI is InChI=1S/C17H29ClN2O/c1-5-13-16(18)14(20(4)19-13)10-15(21)17(11-12(2)3)8-6-7-9-17/h12,15,21H,5-11H2,1-4H3. The zero-order valence-electron chi connectivity index (χ0n) is 13.8. The molecule has 1 saturated carbocycles. The number of aliphatic hydroxyl groups is 1. The van der Waals surface area contributed by atoms with E-state index in [0.29, 0.717) is 12.3 Å². The quantitative estimate of drug-likeness (QED) is 0.857. The van der Waals surface area contributed by atoms with E-state index in [0.717, 1.165) is 42.1 Å². The summed E-state index contributed by atoms with van der Waals surface area (Å²) in [6.07, 6.45) is 7.00. The molecule has 4 heteroatoms. The molecule has 21 heavy (non-hydrogen) atoms. The molecule has 2 rings (SSSR count). The van der Waals surface area contributed by atoms with Crippen LogP contribution in [0.5, 0.6) is 0 Å². The van der Waals surface area contributed by atoms with Crippen LogP contribution in [0.15, 0.2) is 0 Å². The van der Waals surface area contributed by atoms with Crippen LogP contribution in [0.4, 0.5) is 0 Å². The Hall–Kier alpha value is -0.540. The number of hydrogen-bond acceptors (Lipinski definition) is 2. The third kappa shape index (κ3) is 3.45. The fraction of sp³-hybridized carbons (Fsp3) is 0.824. The summed E-state index contributed by atoms with van der Waals surface area (Å²) in [6.45, 7) is 6.56. The Bertz CT molecular complexity index is 475.